The zero-order valence-electron chi connectivity index (χ0n) is 16.6. The molecule has 1 amide bonds. The molecule has 2 aromatic heterocycles. The summed E-state index contributed by atoms with van der Waals surface area (Å²) in [6, 6.07) is 1.74. The third-order valence-corrected chi connectivity index (χ3v) is 5.19. The Kier molecular flexibility index (Phi) is 5.34. The lowest BCUT2D eigenvalue weighted by Gasteiger charge is -2.22. The van der Waals surface area contributed by atoms with Gasteiger partial charge < -0.3 is 9.64 Å². The van der Waals surface area contributed by atoms with Crippen molar-refractivity contribution in [2.45, 2.75) is 40.7 Å². The molecule has 1 fully saturated rings. The second-order valence-corrected chi connectivity index (χ2v) is 7.25. The highest BCUT2D eigenvalue weighted by atomic mass is 16.5. The highest BCUT2D eigenvalue weighted by molar-refractivity contribution is 5.92. The molecule has 0 radical (unpaired) electrons. The Bertz CT molecular complexity index is 854. The predicted molar refractivity (Wildman–Crippen MR) is 99.0 cm³/mol. The molecule has 3 rings (SSSR count). The molecule has 0 saturated heterocycles. The molecule has 146 valence electrons. The first kappa shape index (κ1) is 19.1. The summed E-state index contributed by atoms with van der Waals surface area (Å²) < 4.78 is 6.94. The maximum Gasteiger partial charge on any atom is 0.309 e. The summed E-state index contributed by atoms with van der Waals surface area (Å²) in [5.74, 6) is -0.293. The average Bonchev–Trinajstić information content (AvgIpc) is 3.19. The van der Waals surface area contributed by atoms with E-state index in [4.69, 9.17) is 4.74 Å². The number of amides is 1. The number of carbonyl (C=O) groups excluding carboxylic acids is 2. The SMILES string of the molecule is CCOC(=O)[C@@H]1C[C@H]1CN(Cc1c(C)nn(C)c1C)C(=O)c1cc(C)[nH]n1. The molecular formula is C19H27N5O3. The van der Waals surface area contributed by atoms with E-state index in [1.807, 2.05) is 32.5 Å². The standard InChI is InChI=1S/C19H27N5O3/c1-6-27-19(26)15-8-14(15)9-24(18(25)17-7-11(2)20-21-17)10-16-12(3)22-23(5)13(16)4/h7,14-15H,6,8-10H2,1-5H3,(H,20,21)/t14-,15+/m0/s1. The van der Waals surface area contributed by atoms with Gasteiger partial charge in [-0.25, -0.2) is 0 Å². The summed E-state index contributed by atoms with van der Waals surface area (Å²) in [5, 5.41) is 11.4. The molecule has 27 heavy (non-hydrogen) atoms. The van der Waals surface area contributed by atoms with Gasteiger partial charge in [0, 0.05) is 37.1 Å². The topological polar surface area (TPSA) is 93.1 Å². The van der Waals surface area contributed by atoms with Crippen molar-refractivity contribution in [1.82, 2.24) is 24.9 Å². The molecule has 0 spiro atoms. The number of esters is 1. The van der Waals surface area contributed by atoms with E-state index in [2.05, 4.69) is 15.3 Å². The van der Waals surface area contributed by atoms with E-state index in [-0.39, 0.29) is 23.7 Å². The Labute approximate surface area is 158 Å². The average molecular weight is 373 g/mol. The van der Waals surface area contributed by atoms with E-state index < -0.39 is 0 Å². The fourth-order valence-electron chi connectivity index (χ4n) is 3.42. The Balaban J connectivity index is 1.79. The van der Waals surface area contributed by atoms with E-state index in [1.165, 1.54) is 0 Å². The molecule has 1 aliphatic rings. The van der Waals surface area contributed by atoms with Crippen LogP contribution < -0.4 is 0 Å². The molecule has 0 bridgehead atoms. The minimum Gasteiger partial charge on any atom is -0.466 e. The van der Waals surface area contributed by atoms with Crippen molar-refractivity contribution >= 4 is 11.9 Å². The van der Waals surface area contributed by atoms with Crippen molar-refractivity contribution < 1.29 is 14.3 Å². The number of rotatable bonds is 7. The van der Waals surface area contributed by atoms with Gasteiger partial charge in [-0.05, 0) is 46.1 Å². The van der Waals surface area contributed by atoms with Gasteiger partial charge in [-0.2, -0.15) is 10.2 Å². The van der Waals surface area contributed by atoms with Crippen LogP contribution in [0.1, 0.15) is 46.5 Å². The van der Waals surface area contributed by atoms with Crippen molar-refractivity contribution in [3.63, 3.8) is 0 Å². The maximum atomic E-state index is 13.1. The van der Waals surface area contributed by atoms with Crippen LogP contribution in [0.15, 0.2) is 6.07 Å². The van der Waals surface area contributed by atoms with Gasteiger partial charge in [0.25, 0.3) is 5.91 Å². The Morgan fingerprint density at radius 1 is 1.37 bits per heavy atom. The van der Waals surface area contributed by atoms with Gasteiger partial charge >= 0.3 is 5.97 Å². The summed E-state index contributed by atoms with van der Waals surface area (Å²) in [6.07, 6.45) is 0.757. The van der Waals surface area contributed by atoms with Gasteiger partial charge in [0.15, 0.2) is 0 Å². The number of aryl methyl sites for hydroxylation is 3. The largest absolute Gasteiger partial charge is 0.466 e. The summed E-state index contributed by atoms with van der Waals surface area (Å²) in [4.78, 5) is 26.8. The van der Waals surface area contributed by atoms with E-state index in [0.29, 0.717) is 25.4 Å². The number of H-pyrrole nitrogens is 1. The van der Waals surface area contributed by atoms with Gasteiger partial charge in [0.2, 0.25) is 0 Å². The fraction of sp³-hybridized carbons (Fsp3) is 0.579. The van der Waals surface area contributed by atoms with Gasteiger partial charge in [0.1, 0.15) is 5.69 Å². The lowest BCUT2D eigenvalue weighted by atomic mass is 10.1. The predicted octanol–water partition coefficient (Wildman–Crippen LogP) is 1.91. The second kappa shape index (κ2) is 7.54. The minimum atomic E-state index is -0.167. The molecule has 1 aliphatic carbocycles. The molecule has 2 atom stereocenters. The highest BCUT2D eigenvalue weighted by Gasteiger charge is 2.45. The summed E-state index contributed by atoms with van der Waals surface area (Å²) in [6.45, 7) is 8.94. The van der Waals surface area contributed by atoms with Crippen molar-refractivity contribution in [2.24, 2.45) is 18.9 Å². The van der Waals surface area contributed by atoms with Crippen molar-refractivity contribution in [2.75, 3.05) is 13.2 Å². The number of aromatic amines is 1. The Morgan fingerprint density at radius 3 is 2.67 bits per heavy atom. The van der Waals surface area contributed by atoms with Gasteiger partial charge in [-0.1, -0.05) is 0 Å². The zero-order valence-corrected chi connectivity index (χ0v) is 16.6. The fourth-order valence-corrected chi connectivity index (χ4v) is 3.42. The minimum absolute atomic E-state index is 0.114. The third-order valence-electron chi connectivity index (χ3n) is 5.19. The number of nitrogens with one attached hydrogen (secondary N) is 1. The highest BCUT2D eigenvalue weighted by Crippen LogP contribution is 2.40. The number of ether oxygens (including phenoxy) is 1. The van der Waals surface area contributed by atoms with Crippen LogP contribution in [0.25, 0.3) is 0 Å². The Morgan fingerprint density at radius 2 is 2.11 bits per heavy atom. The van der Waals surface area contributed by atoms with E-state index in [9.17, 15) is 9.59 Å². The van der Waals surface area contributed by atoms with Crippen LogP contribution >= 0.6 is 0 Å². The van der Waals surface area contributed by atoms with Gasteiger partial charge in [-0.15, -0.1) is 0 Å². The van der Waals surface area contributed by atoms with Crippen LogP contribution in [0.4, 0.5) is 0 Å². The molecular weight excluding hydrogens is 346 g/mol. The van der Waals surface area contributed by atoms with Crippen molar-refractivity contribution in [3.05, 3.63) is 34.4 Å². The maximum absolute atomic E-state index is 13.1. The number of nitrogens with zero attached hydrogens (tertiary/aromatic N) is 4. The number of aromatic nitrogens is 4. The first-order valence-electron chi connectivity index (χ1n) is 9.28. The van der Waals surface area contributed by atoms with Crippen molar-refractivity contribution in [3.8, 4) is 0 Å². The van der Waals surface area contributed by atoms with Crippen LogP contribution in [0.3, 0.4) is 0 Å². The first-order chi connectivity index (χ1) is 12.8. The number of carbonyl (C=O) groups is 2. The van der Waals surface area contributed by atoms with Crippen LogP contribution in [-0.2, 0) is 23.1 Å². The summed E-state index contributed by atoms with van der Waals surface area (Å²) in [5.41, 5.74) is 4.19. The normalized spacial score (nSPS) is 18.4. The lowest BCUT2D eigenvalue weighted by Crippen LogP contribution is -2.33. The van der Waals surface area contributed by atoms with E-state index >= 15 is 0 Å². The smallest absolute Gasteiger partial charge is 0.309 e. The molecule has 2 heterocycles. The monoisotopic (exact) mass is 373 g/mol. The molecule has 0 aromatic carbocycles. The Hall–Kier alpha value is -2.64. The lowest BCUT2D eigenvalue weighted by molar-refractivity contribution is -0.145. The summed E-state index contributed by atoms with van der Waals surface area (Å²) >= 11 is 0. The van der Waals surface area contributed by atoms with E-state index in [0.717, 1.165) is 29.1 Å². The van der Waals surface area contributed by atoms with Gasteiger partial charge in [0.05, 0.1) is 18.2 Å². The molecule has 1 saturated carbocycles. The number of hydrogen-bond donors (Lipinski definition) is 1. The van der Waals surface area contributed by atoms with Crippen LogP contribution in [-0.4, -0.2) is 49.9 Å². The quantitative estimate of drug-likeness (QED) is 0.749. The van der Waals surface area contributed by atoms with Crippen molar-refractivity contribution in [1.29, 1.82) is 0 Å². The molecule has 2 aromatic rings. The molecule has 1 N–H and O–H groups in total. The molecule has 8 nitrogen and oxygen atoms in total. The van der Waals surface area contributed by atoms with Crippen LogP contribution in [0.5, 0.6) is 0 Å². The number of hydrogen-bond acceptors (Lipinski definition) is 5. The first-order valence-corrected chi connectivity index (χ1v) is 9.28. The van der Waals surface area contributed by atoms with Crippen LogP contribution in [0, 0.1) is 32.6 Å². The van der Waals surface area contributed by atoms with Crippen LogP contribution in [0.2, 0.25) is 0 Å². The molecule has 0 unspecified atom stereocenters. The molecule has 8 heteroatoms. The van der Waals surface area contributed by atoms with Gasteiger partial charge in [-0.3, -0.25) is 19.4 Å². The molecule has 0 aliphatic heterocycles. The zero-order chi connectivity index (χ0) is 19.7. The third kappa shape index (κ3) is 4.04. The van der Waals surface area contributed by atoms with E-state index in [1.54, 1.807) is 17.9 Å². The summed E-state index contributed by atoms with van der Waals surface area (Å²) in [7, 11) is 1.90. The second-order valence-electron chi connectivity index (χ2n) is 7.25.